The van der Waals surface area contributed by atoms with E-state index in [2.05, 4.69) is 10.4 Å². The van der Waals surface area contributed by atoms with Gasteiger partial charge in [0, 0.05) is 20.7 Å². The Labute approximate surface area is 182 Å². The number of nitrogens with one attached hydrogen (secondary N) is 1. The van der Waals surface area contributed by atoms with Gasteiger partial charge in [-0.3, -0.25) is 9.59 Å². The predicted molar refractivity (Wildman–Crippen MR) is 122 cm³/mol. The quantitative estimate of drug-likeness (QED) is 0.461. The van der Waals surface area contributed by atoms with Gasteiger partial charge in [-0.2, -0.15) is 5.10 Å². The number of hydrogen-bond acceptors (Lipinski definition) is 5. The monoisotopic (exact) mass is 433 g/mol. The first kappa shape index (κ1) is 20.1. The van der Waals surface area contributed by atoms with E-state index in [1.54, 1.807) is 29.2 Å². The van der Waals surface area contributed by atoms with Gasteiger partial charge in [0.1, 0.15) is 12.2 Å². The number of anilines is 1. The fraction of sp³-hybridized carbons (Fsp3) is 0.0870. The van der Waals surface area contributed by atoms with Crippen LogP contribution in [0.4, 0.5) is 5.69 Å². The van der Waals surface area contributed by atoms with E-state index in [9.17, 15) is 9.59 Å². The van der Waals surface area contributed by atoms with E-state index in [0.29, 0.717) is 11.4 Å². The number of para-hydroxylation sites is 1. The molecule has 4 rings (SSSR count). The zero-order chi connectivity index (χ0) is 20.9. The van der Waals surface area contributed by atoms with E-state index in [-0.39, 0.29) is 18.0 Å². The van der Waals surface area contributed by atoms with Gasteiger partial charge in [-0.05, 0) is 49.4 Å². The van der Waals surface area contributed by atoms with Crippen molar-refractivity contribution >= 4 is 34.7 Å². The molecule has 1 N–H and O–H groups in total. The fourth-order valence-electron chi connectivity index (χ4n) is 2.87. The first-order chi connectivity index (χ1) is 14.6. The summed E-state index contributed by atoms with van der Waals surface area (Å²) in [7, 11) is 0. The summed E-state index contributed by atoms with van der Waals surface area (Å²) >= 11 is 3.17. The molecule has 0 unspecified atom stereocenters. The van der Waals surface area contributed by atoms with E-state index in [1.807, 2.05) is 73.7 Å². The summed E-state index contributed by atoms with van der Waals surface area (Å²) in [6.45, 7) is 1.86. The van der Waals surface area contributed by atoms with Gasteiger partial charge in [-0.25, -0.2) is 4.68 Å². The SMILES string of the molecule is Cc1ccc(-c2ccc(=O)n(CC(=O)Nc3ccccc3Sc3ccccc3)n2)s1. The molecule has 2 heterocycles. The maximum absolute atomic E-state index is 12.7. The summed E-state index contributed by atoms with van der Waals surface area (Å²) in [6, 6.07) is 24.7. The van der Waals surface area contributed by atoms with Gasteiger partial charge in [0.05, 0.1) is 10.6 Å². The van der Waals surface area contributed by atoms with Crippen molar-refractivity contribution in [1.29, 1.82) is 0 Å². The molecule has 7 heteroatoms. The Kier molecular flexibility index (Phi) is 6.11. The third-order valence-electron chi connectivity index (χ3n) is 4.28. The Bertz CT molecular complexity index is 1230. The van der Waals surface area contributed by atoms with Crippen LogP contribution in [0, 0.1) is 6.92 Å². The lowest BCUT2D eigenvalue weighted by atomic mass is 10.3. The molecule has 0 aliphatic carbocycles. The molecule has 2 aromatic carbocycles. The lowest BCUT2D eigenvalue weighted by Gasteiger charge is -2.11. The largest absolute Gasteiger partial charge is 0.323 e. The topological polar surface area (TPSA) is 64.0 Å². The van der Waals surface area contributed by atoms with Crippen LogP contribution < -0.4 is 10.9 Å². The maximum atomic E-state index is 12.7. The molecule has 0 saturated carbocycles. The Hall–Kier alpha value is -3.16. The van der Waals surface area contributed by atoms with Crippen LogP contribution in [0.1, 0.15) is 4.88 Å². The minimum atomic E-state index is -0.311. The van der Waals surface area contributed by atoms with Crippen LogP contribution >= 0.6 is 23.1 Å². The molecule has 5 nitrogen and oxygen atoms in total. The van der Waals surface area contributed by atoms with Crippen LogP contribution in [-0.4, -0.2) is 15.7 Å². The van der Waals surface area contributed by atoms with E-state index >= 15 is 0 Å². The smallest absolute Gasteiger partial charge is 0.267 e. The highest BCUT2D eigenvalue weighted by molar-refractivity contribution is 7.99. The Balaban J connectivity index is 1.51. The molecule has 150 valence electrons. The van der Waals surface area contributed by atoms with Gasteiger partial charge in [0.25, 0.3) is 5.56 Å². The Morgan fingerprint density at radius 2 is 1.77 bits per heavy atom. The summed E-state index contributed by atoms with van der Waals surface area (Å²) in [5.41, 5.74) is 1.07. The van der Waals surface area contributed by atoms with E-state index in [1.165, 1.54) is 10.7 Å². The van der Waals surface area contributed by atoms with Gasteiger partial charge >= 0.3 is 0 Å². The van der Waals surface area contributed by atoms with Crippen molar-refractivity contribution in [3.63, 3.8) is 0 Å². The second kappa shape index (κ2) is 9.11. The van der Waals surface area contributed by atoms with Crippen LogP contribution in [0.3, 0.4) is 0 Å². The minimum absolute atomic E-state index is 0.151. The predicted octanol–water partition coefficient (Wildman–Crippen LogP) is 5.07. The third kappa shape index (κ3) is 4.87. The zero-order valence-corrected chi connectivity index (χ0v) is 17.9. The minimum Gasteiger partial charge on any atom is -0.323 e. The molecule has 0 spiro atoms. The van der Waals surface area contributed by atoms with Crippen molar-refractivity contribution < 1.29 is 4.79 Å². The normalized spacial score (nSPS) is 10.7. The lowest BCUT2D eigenvalue weighted by molar-refractivity contribution is -0.117. The fourth-order valence-corrected chi connectivity index (χ4v) is 4.62. The number of carbonyl (C=O) groups is 1. The number of nitrogens with zero attached hydrogens (tertiary/aromatic N) is 2. The number of benzene rings is 2. The van der Waals surface area contributed by atoms with Crippen LogP contribution in [0.25, 0.3) is 10.6 Å². The molecule has 30 heavy (non-hydrogen) atoms. The highest BCUT2D eigenvalue weighted by Gasteiger charge is 2.12. The molecule has 0 saturated heterocycles. The van der Waals surface area contributed by atoms with Crippen molar-refractivity contribution in [2.24, 2.45) is 0 Å². The van der Waals surface area contributed by atoms with Crippen LogP contribution in [0.5, 0.6) is 0 Å². The van der Waals surface area contributed by atoms with Crippen molar-refractivity contribution in [3.8, 4) is 10.6 Å². The average molecular weight is 434 g/mol. The number of aromatic nitrogens is 2. The number of hydrogen-bond donors (Lipinski definition) is 1. The summed E-state index contributed by atoms with van der Waals surface area (Å²) in [4.78, 5) is 29.0. The van der Waals surface area contributed by atoms with E-state index < -0.39 is 0 Å². The van der Waals surface area contributed by atoms with E-state index in [4.69, 9.17) is 0 Å². The van der Waals surface area contributed by atoms with Crippen LogP contribution in [0.2, 0.25) is 0 Å². The molecule has 1 amide bonds. The molecule has 4 aromatic rings. The molecular formula is C23H19N3O2S2. The number of rotatable bonds is 6. The number of thiophene rings is 1. The van der Waals surface area contributed by atoms with Gasteiger partial charge < -0.3 is 5.32 Å². The number of amides is 1. The maximum Gasteiger partial charge on any atom is 0.267 e. The highest BCUT2D eigenvalue weighted by atomic mass is 32.2. The second-order valence-corrected chi connectivity index (χ2v) is 8.99. The van der Waals surface area contributed by atoms with Crippen molar-refractivity contribution in [3.05, 3.63) is 94.1 Å². The molecular weight excluding hydrogens is 414 g/mol. The second-order valence-electron chi connectivity index (χ2n) is 6.58. The molecule has 0 aliphatic heterocycles. The van der Waals surface area contributed by atoms with Gasteiger partial charge in [-0.15, -0.1) is 11.3 Å². The van der Waals surface area contributed by atoms with Gasteiger partial charge in [0.15, 0.2) is 0 Å². The molecule has 0 bridgehead atoms. The van der Waals surface area contributed by atoms with Gasteiger partial charge in [-0.1, -0.05) is 42.1 Å². The number of carbonyl (C=O) groups excluding carboxylic acids is 1. The summed E-state index contributed by atoms with van der Waals surface area (Å²) in [5.74, 6) is -0.301. The summed E-state index contributed by atoms with van der Waals surface area (Å²) in [5, 5.41) is 7.29. The summed E-state index contributed by atoms with van der Waals surface area (Å²) in [6.07, 6.45) is 0. The molecule has 0 fully saturated rings. The summed E-state index contributed by atoms with van der Waals surface area (Å²) < 4.78 is 1.20. The first-order valence-corrected chi connectivity index (χ1v) is 11.0. The Morgan fingerprint density at radius 1 is 1.00 bits per heavy atom. The highest BCUT2D eigenvalue weighted by Crippen LogP contribution is 2.33. The molecule has 0 radical (unpaired) electrons. The molecule has 0 atom stereocenters. The zero-order valence-electron chi connectivity index (χ0n) is 16.2. The van der Waals surface area contributed by atoms with Crippen LogP contribution in [0.15, 0.2) is 93.4 Å². The standard InChI is InChI=1S/C23H19N3O2S2/c1-16-11-13-21(29-16)19-12-14-23(28)26(25-19)15-22(27)24-18-9-5-6-10-20(18)30-17-7-3-2-4-8-17/h2-14H,15H2,1H3,(H,24,27). The molecule has 2 aromatic heterocycles. The lowest BCUT2D eigenvalue weighted by Crippen LogP contribution is -2.29. The third-order valence-corrected chi connectivity index (χ3v) is 6.39. The van der Waals surface area contributed by atoms with Crippen molar-refractivity contribution in [1.82, 2.24) is 9.78 Å². The average Bonchev–Trinajstić information content (AvgIpc) is 3.18. The Morgan fingerprint density at radius 3 is 2.53 bits per heavy atom. The van der Waals surface area contributed by atoms with Crippen molar-refractivity contribution in [2.45, 2.75) is 23.3 Å². The first-order valence-electron chi connectivity index (χ1n) is 9.35. The van der Waals surface area contributed by atoms with Crippen LogP contribution in [-0.2, 0) is 11.3 Å². The van der Waals surface area contributed by atoms with Crippen molar-refractivity contribution in [2.75, 3.05) is 5.32 Å². The van der Waals surface area contributed by atoms with E-state index in [0.717, 1.165) is 19.5 Å². The number of aryl methyl sites for hydroxylation is 1. The molecule has 0 aliphatic rings. The van der Waals surface area contributed by atoms with Gasteiger partial charge in [0.2, 0.25) is 5.91 Å².